The van der Waals surface area contributed by atoms with Crippen LogP contribution >= 0.6 is 0 Å². The summed E-state index contributed by atoms with van der Waals surface area (Å²) in [5, 5.41) is 0.417. The first-order chi connectivity index (χ1) is 18.4. The van der Waals surface area contributed by atoms with E-state index in [-0.39, 0.29) is 15.9 Å². The van der Waals surface area contributed by atoms with E-state index in [9.17, 15) is 4.79 Å². The highest BCUT2D eigenvalue weighted by molar-refractivity contribution is 6.74. The molecule has 0 aromatic heterocycles. The van der Waals surface area contributed by atoms with E-state index in [1.165, 1.54) is 11.1 Å². The fourth-order valence-corrected chi connectivity index (χ4v) is 6.52. The maximum absolute atomic E-state index is 13.9. The molecule has 0 atom stereocenters. The van der Waals surface area contributed by atoms with Crippen LogP contribution in [0.1, 0.15) is 106 Å². The van der Waals surface area contributed by atoms with Crippen molar-refractivity contribution in [3.8, 4) is 0 Å². The van der Waals surface area contributed by atoms with Gasteiger partial charge in [-0.1, -0.05) is 105 Å². The third-order valence-corrected chi connectivity index (χ3v) is 18.3. The molecule has 0 unspecified atom stereocenters. The summed E-state index contributed by atoms with van der Waals surface area (Å²) in [5.74, 6) is 0.153. The van der Waals surface area contributed by atoms with Gasteiger partial charge in [-0.3, -0.25) is 4.79 Å². The van der Waals surface area contributed by atoms with E-state index in [1.54, 1.807) is 0 Å². The fourth-order valence-electron chi connectivity index (χ4n) is 4.43. The highest BCUT2D eigenvalue weighted by Gasteiger charge is 2.37. The normalized spacial score (nSPS) is 13.1. The van der Waals surface area contributed by atoms with Crippen LogP contribution in [-0.2, 0) is 34.5 Å². The molecule has 0 bridgehead atoms. The van der Waals surface area contributed by atoms with Crippen LogP contribution in [0.25, 0.3) is 0 Å². The van der Waals surface area contributed by atoms with Crippen molar-refractivity contribution < 1.29 is 13.6 Å². The van der Waals surface area contributed by atoms with E-state index < -0.39 is 16.6 Å². The van der Waals surface area contributed by atoms with Crippen molar-refractivity contribution in [2.45, 2.75) is 130 Å². The second-order valence-corrected chi connectivity index (χ2v) is 24.1. The SMILES string of the molecule is CCCc1cc(CCO[Si](C)(C)C(C)(C)C)ccc1C(=O)c1ccc(CCO[Si](C)(C)C(C)(C)C)cc1CCC. The van der Waals surface area contributed by atoms with Gasteiger partial charge >= 0.3 is 0 Å². The summed E-state index contributed by atoms with van der Waals surface area (Å²) in [7, 11) is -3.53. The molecule has 5 heteroatoms. The first-order valence-corrected chi connectivity index (χ1v) is 21.3. The predicted molar refractivity (Wildman–Crippen MR) is 178 cm³/mol. The Morgan fingerprint density at radius 2 is 0.975 bits per heavy atom. The Kier molecular flexibility index (Phi) is 12.2. The van der Waals surface area contributed by atoms with Crippen LogP contribution in [0.5, 0.6) is 0 Å². The van der Waals surface area contributed by atoms with Gasteiger partial charge in [0.1, 0.15) is 0 Å². The molecule has 224 valence electrons. The summed E-state index contributed by atoms with van der Waals surface area (Å²) in [5.41, 5.74) is 6.52. The Morgan fingerprint density at radius 1 is 0.625 bits per heavy atom. The molecule has 0 amide bonds. The van der Waals surface area contributed by atoms with Crippen molar-refractivity contribution in [1.82, 2.24) is 0 Å². The van der Waals surface area contributed by atoms with Crippen LogP contribution in [0.3, 0.4) is 0 Å². The highest BCUT2D eigenvalue weighted by atomic mass is 28.4. The van der Waals surface area contributed by atoms with Crippen LogP contribution in [0.4, 0.5) is 0 Å². The number of ketones is 1. The molecule has 3 nitrogen and oxygen atoms in total. The molecule has 0 saturated carbocycles. The molecule has 40 heavy (non-hydrogen) atoms. The number of hydrogen-bond acceptors (Lipinski definition) is 3. The lowest BCUT2D eigenvalue weighted by Gasteiger charge is -2.36. The van der Waals surface area contributed by atoms with Gasteiger partial charge in [-0.05, 0) is 84.2 Å². The monoisotopic (exact) mass is 582 g/mol. The van der Waals surface area contributed by atoms with Gasteiger partial charge in [0, 0.05) is 24.3 Å². The molecule has 2 aromatic carbocycles. The van der Waals surface area contributed by atoms with Gasteiger partial charge < -0.3 is 8.85 Å². The summed E-state index contributed by atoms with van der Waals surface area (Å²) in [4.78, 5) is 13.9. The Balaban J connectivity index is 2.23. The number of hydrogen-bond donors (Lipinski definition) is 0. The molecule has 0 aliphatic heterocycles. The van der Waals surface area contributed by atoms with E-state index in [4.69, 9.17) is 8.85 Å². The molecular formula is C35H58O3Si2. The van der Waals surface area contributed by atoms with Crippen molar-refractivity contribution in [2.24, 2.45) is 0 Å². The van der Waals surface area contributed by atoms with E-state index in [2.05, 4.69) is 118 Å². The van der Waals surface area contributed by atoms with Crippen LogP contribution in [-0.4, -0.2) is 35.6 Å². The first kappa shape index (κ1) is 34.7. The zero-order chi connectivity index (χ0) is 30.4. The molecule has 0 aliphatic rings. The van der Waals surface area contributed by atoms with Gasteiger partial charge in [-0.15, -0.1) is 0 Å². The number of rotatable bonds is 14. The summed E-state index contributed by atoms with van der Waals surface area (Å²) >= 11 is 0. The molecule has 2 rings (SSSR count). The van der Waals surface area contributed by atoms with E-state index in [0.717, 1.165) is 74.0 Å². The van der Waals surface area contributed by atoms with E-state index >= 15 is 0 Å². The number of carbonyl (C=O) groups excluding carboxylic acids is 1. The summed E-state index contributed by atoms with van der Waals surface area (Å²) in [6.07, 6.45) is 5.60. The number of carbonyl (C=O) groups is 1. The quantitative estimate of drug-likeness (QED) is 0.164. The lowest BCUT2D eigenvalue weighted by atomic mass is 9.89. The van der Waals surface area contributed by atoms with Crippen molar-refractivity contribution in [1.29, 1.82) is 0 Å². The van der Waals surface area contributed by atoms with Gasteiger partial charge in [-0.25, -0.2) is 0 Å². The topological polar surface area (TPSA) is 35.5 Å². The molecular weight excluding hydrogens is 525 g/mol. The highest BCUT2D eigenvalue weighted by Crippen LogP contribution is 2.37. The van der Waals surface area contributed by atoms with Gasteiger partial charge in [0.25, 0.3) is 0 Å². The average molecular weight is 583 g/mol. The smallest absolute Gasteiger partial charge is 0.193 e. The van der Waals surface area contributed by atoms with Crippen LogP contribution in [0.15, 0.2) is 36.4 Å². The molecule has 0 N–H and O–H groups in total. The Hall–Kier alpha value is -1.54. The summed E-state index contributed by atoms with van der Waals surface area (Å²) in [6, 6.07) is 12.9. The van der Waals surface area contributed by atoms with Gasteiger partial charge in [-0.2, -0.15) is 0 Å². The largest absolute Gasteiger partial charge is 0.416 e. The Bertz CT molecular complexity index is 1030. The second kappa shape index (κ2) is 14.1. The predicted octanol–water partition coefficient (Wildman–Crippen LogP) is 9.95. The van der Waals surface area contributed by atoms with Gasteiger partial charge in [0.2, 0.25) is 0 Å². The van der Waals surface area contributed by atoms with Gasteiger partial charge in [0.15, 0.2) is 22.4 Å². The third kappa shape index (κ3) is 9.24. The lowest BCUT2D eigenvalue weighted by molar-refractivity contribution is 0.103. The molecule has 2 aromatic rings. The maximum Gasteiger partial charge on any atom is 0.193 e. The van der Waals surface area contributed by atoms with E-state index in [0.29, 0.717) is 0 Å². The summed E-state index contributed by atoms with van der Waals surface area (Å²) in [6.45, 7) is 28.7. The minimum absolute atomic E-state index is 0.153. The minimum Gasteiger partial charge on any atom is -0.416 e. The van der Waals surface area contributed by atoms with Crippen LogP contribution in [0, 0.1) is 0 Å². The van der Waals surface area contributed by atoms with E-state index in [1.807, 2.05) is 0 Å². The fraction of sp³-hybridized carbons (Fsp3) is 0.629. The lowest BCUT2D eigenvalue weighted by Crippen LogP contribution is -2.41. The average Bonchev–Trinajstić information content (AvgIpc) is 2.83. The maximum atomic E-state index is 13.9. The van der Waals surface area contributed by atoms with Gasteiger partial charge in [0.05, 0.1) is 0 Å². The Morgan fingerprint density at radius 3 is 1.27 bits per heavy atom. The Labute approximate surface area is 248 Å². The zero-order valence-electron chi connectivity index (χ0n) is 27.8. The molecule has 0 aliphatic carbocycles. The molecule has 0 spiro atoms. The second-order valence-electron chi connectivity index (χ2n) is 14.5. The third-order valence-electron chi connectivity index (χ3n) is 9.19. The van der Waals surface area contributed by atoms with Crippen molar-refractivity contribution in [3.63, 3.8) is 0 Å². The number of aryl methyl sites for hydroxylation is 2. The van der Waals surface area contributed by atoms with Crippen LogP contribution < -0.4 is 0 Å². The summed E-state index contributed by atoms with van der Waals surface area (Å²) < 4.78 is 12.9. The number of benzene rings is 2. The van der Waals surface area contributed by atoms with Crippen molar-refractivity contribution in [3.05, 3.63) is 69.8 Å². The molecule has 0 radical (unpaired) electrons. The standard InChI is InChI=1S/C35H58O3Si2/c1-13-15-29-25-27(21-23-37-39(9,10)34(3,4)5)17-19-31(29)33(36)32-20-18-28(26-30(32)16-14-2)22-24-38-40(11,12)35(6,7)8/h17-20,25-26H,13-16,21-24H2,1-12H3. The van der Waals surface area contributed by atoms with Crippen molar-refractivity contribution in [2.75, 3.05) is 13.2 Å². The first-order valence-electron chi connectivity index (χ1n) is 15.5. The molecule has 0 saturated heterocycles. The minimum atomic E-state index is -1.77. The molecule has 0 fully saturated rings. The van der Waals surface area contributed by atoms with Crippen LogP contribution in [0.2, 0.25) is 36.3 Å². The van der Waals surface area contributed by atoms with Crippen molar-refractivity contribution >= 4 is 22.4 Å². The molecule has 0 heterocycles. The zero-order valence-corrected chi connectivity index (χ0v) is 29.8.